The Bertz CT molecular complexity index is 709. The number of nitrogens with one attached hydrogen (secondary N) is 1. The summed E-state index contributed by atoms with van der Waals surface area (Å²) in [5, 5.41) is 2.88. The quantitative estimate of drug-likeness (QED) is 0.825. The number of oxazole rings is 1. The lowest BCUT2D eigenvalue weighted by Gasteiger charge is -2.32. The van der Waals surface area contributed by atoms with Gasteiger partial charge in [0.25, 0.3) is 0 Å². The van der Waals surface area contributed by atoms with Gasteiger partial charge in [-0.05, 0) is 25.5 Å². The number of carbonyl (C=O) groups excluding carboxylic acids is 1. The summed E-state index contributed by atoms with van der Waals surface area (Å²) in [6.45, 7) is 5.89. The molecule has 2 aromatic rings. The number of aromatic nitrogens is 1. The normalized spacial score (nSPS) is 16.7. The van der Waals surface area contributed by atoms with Crippen molar-refractivity contribution >= 4 is 17.0 Å². The third-order valence-electron chi connectivity index (χ3n) is 4.53. The van der Waals surface area contributed by atoms with Crippen molar-refractivity contribution in [1.29, 1.82) is 0 Å². The molecule has 1 aromatic heterocycles. The van der Waals surface area contributed by atoms with Gasteiger partial charge in [0.1, 0.15) is 11.3 Å². The molecule has 3 rings (SSSR count). The topological polar surface area (TPSA) is 76.8 Å². The van der Waals surface area contributed by atoms with Crippen molar-refractivity contribution in [2.75, 3.05) is 33.4 Å². The molecule has 0 saturated carbocycles. The van der Waals surface area contributed by atoms with Crippen LogP contribution in [-0.4, -0.2) is 55.2 Å². The average molecular weight is 347 g/mol. The zero-order valence-corrected chi connectivity index (χ0v) is 14.8. The van der Waals surface area contributed by atoms with E-state index in [1.54, 1.807) is 7.11 Å². The maximum absolute atomic E-state index is 12.1. The Morgan fingerprint density at radius 2 is 2.20 bits per heavy atom. The molecule has 1 aliphatic rings. The second-order valence-corrected chi connectivity index (χ2v) is 6.25. The maximum Gasteiger partial charge on any atom is 0.220 e. The first-order valence-electron chi connectivity index (χ1n) is 8.67. The summed E-state index contributed by atoms with van der Waals surface area (Å²) in [4.78, 5) is 18.8. The molecular formula is C18H25N3O4. The molecule has 1 amide bonds. The molecule has 0 spiro atoms. The van der Waals surface area contributed by atoms with Crippen LogP contribution < -0.4 is 10.1 Å². The van der Waals surface area contributed by atoms with Crippen LogP contribution in [-0.2, 0) is 16.1 Å². The number of methoxy groups -OCH3 is 1. The first-order valence-corrected chi connectivity index (χ1v) is 8.67. The van der Waals surface area contributed by atoms with Crippen LogP contribution in [0.25, 0.3) is 11.1 Å². The molecule has 0 aliphatic carbocycles. The lowest BCUT2D eigenvalue weighted by molar-refractivity contribution is -0.121. The highest BCUT2D eigenvalue weighted by Gasteiger charge is 2.18. The fourth-order valence-electron chi connectivity index (χ4n) is 2.96. The Labute approximate surface area is 147 Å². The van der Waals surface area contributed by atoms with Crippen LogP contribution in [0, 0.1) is 0 Å². The number of amides is 1. The van der Waals surface area contributed by atoms with Crippen LogP contribution in [0.2, 0.25) is 0 Å². The van der Waals surface area contributed by atoms with E-state index < -0.39 is 0 Å². The number of nitrogens with zero attached hydrogens (tertiary/aromatic N) is 2. The van der Waals surface area contributed by atoms with Crippen molar-refractivity contribution in [1.82, 2.24) is 15.2 Å². The van der Waals surface area contributed by atoms with Gasteiger partial charge in [-0.2, -0.15) is 0 Å². The predicted molar refractivity (Wildman–Crippen MR) is 93.5 cm³/mol. The monoisotopic (exact) mass is 347 g/mol. The van der Waals surface area contributed by atoms with Crippen LogP contribution in [0.4, 0.5) is 0 Å². The number of benzene rings is 1. The number of fused-ring (bicyclic) bond motifs is 1. The van der Waals surface area contributed by atoms with Crippen molar-refractivity contribution in [3.8, 4) is 5.75 Å². The zero-order valence-electron chi connectivity index (χ0n) is 14.8. The summed E-state index contributed by atoms with van der Waals surface area (Å²) in [6.07, 6.45) is 1.32. The maximum atomic E-state index is 12.1. The predicted octanol–water partition coefficient (Wildman–Crippen LogP) is 1.95. The Hall–Kier alpha value is -2.12. The average Bonchev–Trinajstić information content (AvgIpc) is 3.07. The van der Waals surface area contributed by atoms with E-state index in [1.165, 1.54) is 0 Å². The van der Waals surface area contributed by atoms with Crippen molar-refractivity contribution in [2.24, 2.45) is 0 Å². The Morgan fingerprint density at radius 3 is 2.96 bits per heavy atom. The largest absolute Gasteiger partial charge is 0.497 e. The molecule has 7 nitrogen and oxygen atoms in total. The van der Waals surface area contributed by atoms with Gasteiger partial charge in [-0.1, -0.05) is 0 Å². The fourth-order valence-corrected chi connectivity index (χ4v) is 2.96. The third kappa shape index (κ3) is 4.70. The van der Waals surface area contributed by atoms with Gasteiger partial charge >= 0.3 is 0 Å². The van der Waals surface area contributed by atoms with Crippen molar-refractivity contribution in [3.63, 3.8) is 0 Å². The van der Waals surface area contributed by atoms with Gasteiger partial charge in [-0.3, -0.25) is 9.69 Å². The lowest BCUT2D eigenvalue weighted by atomic mass is 10.1. The van der Waals surface area contributed by atoms with Gasteiger partial charge in [0, 0.05) is 31.6 Å². The second-order valence-electron chi connectivity index (χ2n) is 6.25. The van der Waals surface area contributed by atoms with Gasteiger partial charge < -0.3 is 19.2 Å². The van der Waals surface area contributed by atoms with E-state index >= 15 is 0 Å². The Kier molecular flexibility index (Phi) is 5.88. The summed E-state index contributed by atoms with van der Waals surface area (Å²) in [7, 11) is 1.61. The van der Waals surface area contributed by atoms with Crippen molar-refractivity contribution < 1.29 is 18.7 Å². The summed E-state index contributed by atoms with van der Waals surface area (Å²) < 4.78 is 16.2. The molecule has 2 heterocycles. The minimum absolute atomic E-state index is 0.0138. The van der Waals surface area contributed by atoms with Crippen LogP contribution in [0.1, 0.15) is 25.7 Å². The molecule has 1 saturated heterocycles. The molecule has 1 N–H and O–H groups in total. The number of carbonyl (C=O) groups is 1. The highest BCUT2D eigenvalue weighted by Crippen LogP contribution is 2.21. The molecule has 0 unspecified atom stereocenters. The van der Waals surface area contributed by atoms with E-state index in [1.807, 2.05) is 18.2 Å². The van der Waals surface area contributed by atoms with Gasteiger partial charge in [-0.25, -0.2) is 4.98 Å². The second kappa shape index (κ2) is 8.31. The molecular weight excluding hydrogens is 322 g/mol. The first kappa shape index (κ1) is 17.7. The van der Waals surface area contributed by atoms with Crippen molar-refractivity contribution in [3.05, 3.63) is 24.1 Å². The number of hydrogen-bond donors (Lipinski definition) is 1. The van der Waals surface area contributed by atoms with Crippen LogP contribution in [0.15, 0.2) is 22.6 Å². The molecule has 7 heteroatoms. The molecule has 25 heavy (non-hydrogen) atoms. The van der Waals surface area contributed by atoms with Gasteiger partial charge in [-0.15, -0.1) is 0 Å². The van der Waals surface area contributed by atoms with E-state index in [-0.39, 0.29) is 5.91 Å². The van der Waals surface area contributed by atoms with E-state index in [9.17, 15) is 4.79 Å². The van der Waals surface area contributed by atoms with E-state index in [2.05, 4.69) is 22.1 Å². The SMILES string of the molecule is COc1ccc2oc(CNC(=O)CC[C@H](C)N3CCOCC3)nc2c1. The number of ether oxygens (including phenoxy) is 2. The Balaban J connectivity index is 1.45. The van der Waals surface area contributed by atoms with Crippen LogP contribution >= 0.6 is 0 Å². The smallest absolute Gasteiger partial charge is 0.220 e. The van der Waals surface area contributed by atoms with Crippen LogP contribution in [0.3, 0.4) is 0 Å². The molecule has 1 atom stereocenters. The van der Waals surface area contributed by atoms with E-state index in [0.29, 0.717) is 30.5 Å². The Morgan fingerprint density at radius 1 is 1.40 bits per heavy atom. The molecule has 1 aliphatic heterocycles. The third-order valence-corrected chi connectivity index (χ3v) is 4.53. The van der Waals surface area contributed by atoms with E-state index in [4.69, 9.17) is 13.9 Å². The number of hydrogen-bond acceptors (Lipinski definition) is 6. The summed E-state index contributed by atoms with van der Waals surface area (Å²) in [5.74, 6) is 1.24. The zero-order chi connectivity index (χ0) is 17.6. The molecule has 136 valence electrons. The molecule has 1 aromatic carbocycles. The summed E-state index contributed by atoms with van der Waals surface area (Å²) in [5.41, 5.74) is 1.41. The van der Waals surface area contributed by atoms with Crippen LogP contribution in [0.5, 0.6) is 5.75 Å². The number of rotatable bonds is 7. The fraction of sp³-hybridized carbons (Fsp3) is 0.556. The van der Waals surface area contributed by atoms with Gasteiger partial charge in [0.2, 0.25) is 11.8 Å². The van der Waals surface area contributed by atoms with E-state index in [0.717, 1.165) is 44.0 Å². The highest BCUT2D eigenvalue weighted by atomic mass is 16.5. The summed E-state index contributed by atoms with van der Waals surface area (Å²) in [6, 6.07) is 5.83. The molecule has 1 fully saturated rings. The first-order chi connectivity index (χ1) is 12.2. The van der Waals surface area contributed by atoms with Crippen molar-refractivity contribution in [2.45, 2.75) is 32.4 Å². The molecule has 0 radical (unpaired) electrons. The minimum atomic E-state index is 0.0138. The standard InChI is InChI=1S/C18H25N3O4/c1-13(21-7-9-24-10-8-21)3-6-17(22)19-12-18-20-15-11-14(23-2)4-5-16(15)25-18/h4-5,11,13H,3,6-10,12H2,1-2H3,(H,19,22)/t13-/m0/s1. The minimum Gasteiger partial charge on any atom is -0.497 e. The van der Waals surface area contributed by atoms with Gasteiger partial charge in [0.05, 0.1) is 26.9 Å². The highest BCUT2D eigenvalue weighted by molar-refractivity contribution is 5.76. The molecule has 0 bridgehead atoms. The number of morpholine rings is 1. The summed E-state index contributed by atoms with van der Waals surface area (Å²) >= 11 is 0. The van der Waals surface area contributed by atoms with Gasteiger partial charge in [0.15, 0.2) is 5.58 Å². The lowest BCUT2D eigenvalue weighted by Crippen LogP contribution is -2.42.